The van der Waals surface area contributed by atoms with E-state index in [1.165, 1.54) is 0 Å². The number of fused-ring (bicyclic) bond motifs is 1. The molecule has 0 amide bonds. The van der Waals surface area contributed by atoms with Gasteiger partial charge >= 0.3 is 0 Å². The van der Waals surface area contributed by atoms with Crippen LogP contribution in [0.5, 0.6) is 17.2 Å². The summed E-state index contributed by atoms with van der Waals surface area (Å²) >= 11 is 0. The summed E-state index contributed by atoms with van der Waals surface area (Å²) in [4.78, 5) is 23.6. The summed E-state index contributed by atoms with van der Waals surface area (Å²) in [6, 6.07) is 5.48. The Balaban J connectivity index is 1.59. The molecular formula is C20H23N3O4. The molecule has 3 heterocycles. The fourth-order valence-corrected chi connectivity index (χ4v) is 3.90. The van der Waals surface area contributed by atoms with Crippen molar-refractivity contribution in [1.82, 2.24) is 9.97 Å². The van der Waals surface area contributed by atoms with Crippen LogP contribution >= 0.6 is 0 Å². The minimum Gasteiger partial charge on any atom is -0.493 e. The maximum Gasteiger partial charge on any atom is 0.204 e. The first-order valence-electron chi connectivity index (χ1n) is 9.06. The second kappa shape index (κ2) is 6.72. The third-order valence-electron chi connectivity index (χ3n) is 5.39. The Hall–Kier alpha value is -2.83. The van der Waals surface area contributed by atoms with Crippen LogP contribution in [0.15, 0.2) is 24.5 Å². The van der Waals surface area contributed by atoms with Crippen LogP contribution in [-0.4, -0.2) is 48.7 Å². The highest BCUT2D eigenvalue weighted by Gasteiger charge is 2.44. The molecule has 0 bridgehead atoms. The first-order valence-corrected chi connectivity index (χ1v) is 9.06. The highest BCUT2D eigenvalue weighted by atomic mass is 16.5. The molecule has 2 aliphatic heterocycles. The second-order valence-electron chi connectivity index (χ2n) is 7.07. The Morgan fingerprint density at radius 1 is 1.15 bits per heavy atom. The van der Waals surface area contributed by atoms with Gasteiger partial charge in [0.1, 0.15) is 17.7 Å². The lowest BCUT2D eigenvalue weighted by Gasteiger charge is -2.44. The predicted molar refractivity (Wildman–Crippen MR) is 100 cm³/mol. The molecule has 1 aromatic carbocycles. The van der Waals surface area contributed by atoms with E-state index in [1.54, 1.807) is 32.7 Å². The molecule has 4 rings (SSSR count). The number of rotatable bonds is 3. The molecule has 1 saturated heterocycles. The van der Waals surface area contributed by atoms with Gasteiger partial charge in [0, 0.05) is 37.7 Å². The second-order valence-corrected chi connectivity index (χ2v) is 7.07. The Morgan fingerprint density at radius 3 is 2.59 bits per heavy atom. The van der Waals surface area contributed by atoms with E-state index in [2.05, 4.69) is 14.9 Å². The van der Waals surface area contributed by atoms with E-state index in [4.69, 9.17) is 14.2 Å². The number of nitrogens with zero attached hydrogens (tertiary/aromatic N) is 3. The van der Waals surface area contributed by atoms with Gasteiger partial charge in [0.25, 0.3) is 0 Å². The number of hydrogen-bond donors (Lipinski definition) is 0. The molecule has 0 aliphatic carbocycles. The summed E-state index contributed by atoms with van der Waals surface area (Å²) in [6.07, 6.45) is 3.44. The molecule has 2 aliphatic rings. The van der Waals surface area contributed by atoms with Gasteiger partial charge in [-0.15, -0.1) is 0 Å². The zero-order chi connectivity index (χ0) is 19.0. The normalized spacial score (nSPS) is 18.0. The molecule has 7 heteroatoms. The molecule has 1 spiro atoms. The smallest absolute Gasteiger partial charge is 0.204 e. The van der Waals surface area contributed by atoms with Crippen molar-refractivity contribution < 1.29 is 19.0 Å². The van der Waals surface area contributed by atoms with Crippen LogP contribution in [0.4, 0.5) is 5.82 Å². The molecule has 0 N–H and O–H groups in total. The highest BCUT2D eigenvalue weighted by Crippen LogP contribution is 2.47. The van der Waals surface area contributed by atoms with Gasteiger partial charge in [0.2, 0.25) is 5.75 Å². The van der Waals surface area contributed by atoms with Gasteiger partial charge in [-0.25, -0.2) is 9.97 Å². The topological polar surface area (TPSA) is 73.8 Å². The van der Waals surface area contributed by atoms with E-state index >= 15 is 0 Å². The fraction of sp³-hybridized carbons (Fsp3) is 0.450. The van der Waals surface area contributed by atoms with Gasteiger partial charge in [-0.2, -0.15) is 0 Å². The summed E-state index contributed by atoms with van der Waals surface area (Å²) in [5, 5.41) is 0. The van der Waals surface area contributed by atoms with Crippen molar-refractivity contribution in [2.24, 2.45) is 0 Å². The molecular weight excluding hydrogens is 346 g/mol. The van der Waals surface area contributed by atoms with Crippen molar-refractivity contribution in [1.29, 1.82) is 0 Å². The fourth-order valence-electron chi connectivity index (χ4n) is 3.90. The largest absolute Gasteiger partial charge is 0.493 e. The number of methoxy groups -OCH3 is 2. The van der Waals surface area contributed by atoms with Gasteiger partial charge in [-0.1, -0.05) is 0 Å². The van der Waals surface area contributed by atoms with Crippen molar-refractivity contribution in [2.45, 2.75) is 31.8 Å². The molecule has 1 aromatic heterocycles. The van der Waals surface area contributed by atoms with E-state index in [0.717, 1.165) is 37.4 Å². The van der Waals surface area contributed by atoms with Crippen LogP contribution in [0.25, 0.3) is 0 Å². The molecule has 142 valence electrons. The maximum atomic E-state index is 12.8. The number of benzene rings is 1. The van der Waals surface area contributed by atoms with E-state index in [-0.39, 0.29) is 5.78 Å². The van der Waals surface area contributed by atoms with Crippen LogP contribution in [-0.2, 0) is 0 Å². The van der Waals surface area contributed by atoms with Crippen LogP contribution in [0.1, 0.15) is 35.3 Å². The quantitative estimate of drug-likeness (QED) is 0.823. The minimum absolute atomic E-state index is 0.0866. The Labute approximate surface area is 158 Å². The lowest BCUT2D eigenvalue weighted by Crippen LogP contribution is -2.51. The third kappa shape index (κ3) is 3.07. The van der Waals surface area contributed by atoms with E-state index in [1.807, 2.05) is 13.0 Å². The minimum atomic E-state index is -0.512. The van der Waals surface area contributed by atoms with Gasteiger partial charge in [-0.05, 0) is 19.1 Å². The van der Waals surface area contributed by atoms with Gasteiger partial charge in [-0.3, -0.25) is 4.79 Å². The van der Waals surface area contributed by atoms with Crippen molar-refractivity contribution >= 4 is 11.6 Å². The van der Waals surface area contributed by atoms with Gasteiger partial charge < -0.3 is 19.1 Å². The Bertz CT molecular complexity index is 876. The van der Waals surface area contributed by atoms with Crippen molar-refractivity contribution in [2.75, 3.05) is 32.2 Å². The summed E-state index contributed by atoms with van der Waals surface area (Å²) < 4.78 is 17.3. The van der Waals surface area contributed by atoms with Crippen LogP contribution in [0, 0.1) is 6.92 Å². The maximum absolute atomic E-state index is 12.8. The lowest BCUT2D eigenvalue weighted by atomic mass is 9.82. The van der Waals surface area contributed by atoms with E-state index < -0.39 is 5.60 Å². The highest BCUT2D eigenvalue weighted by molar-refractivity contribution is 6.01. The number of piperidine rings is 1. The first kappa shape index (κ1) is 17.6. The first-order chi connectivity index (χ1) is 13.0. The number of hydrogen-bond acceptors (Lipinski definition) is 7. The SMILES string of the molecule is COc1ccc2c(c1OC)OC1(CCN(c3cc(C)ncn3)CC1)CC2=O. The summed E-state index contributed by atoms with van der Waals surface area (Å²) in [5.74, 6) is 2.55. The Morgan fingerprint density at radius 2 is 1.93 bits per heavy atom. The van der Waals surface area contributed by atoms with Crippen LogP contribution in [0.3, 0.4) is 0 Å². The molecule has 27 heavy (non-hydrogen) atoms. The number of carbonyl (C=O) groups is 1. The number of anilines is 1. The zero-order valence-electron chi connectivity index (χ0n) is 15.8. The molecule has 0 atom stereocenters. The number of ether oxygens (including phenoxy) is 3. The molecule has 1 fully saturated rings. The zero-order valence-corrected chi connectivity index (χ0v) is 15.8. The number of aromatic nitrogens is 2. The van der Waals surface area contributed by atoms with Gasteiger partial charge in [0.05, 0.1) is 26.2 Å². The number of ketones is 1. The monoisotopic (exact) mass is 369 g/mol. The summed E-state index contributed by atoms with van der Waals surface area (Å²) in [6.45, 7) is 3.49. The standard InChI is InChI=1S/C20H23N3O4/c1-13-10-17(22-12-21-13)23-8-6-20(7-9-23)11-15(24)14-4-5-16(25-2)19(26-3)18(14)27-20/h4-5,10,12H,6-9,11H2,1-3H3. The molecule has 7 nitrogen and oxygen atoms in total. The van der Waals surface area contributed by atoms with Crippen molar-refractivity contribution in [3.63, 3.8) is 0 Å². The van der Waals surface area contributed by atoms with E-state index in [0.29, 0.717) is 29.2 Å². The lowest BCUT2D eigenvalue weighted by molar-refractivity contribution is 0.0207. The summed E-state index contributed by atoms with van der Waals surface area (Å²) in [5.41, 5.74) is 0.990. The molecule has 0 radical (unpaired) electrons. The summed E-state index contributed by atoms with van der Waals surface area (Å²) in [7, 11) is 3.14. The number of aryl methyl sites for hydroxylation is 1. The number of Topliss-reactive ketones (excluding diaryl/α,β-unsaturated/α-hetero) is 1. The molecule has 2 aromatic rings. The van der Waals surface area contributed by atoms with Crippen LogP contribution in [0.2, 0.25) is 0 Å². The molecule has 0 saturated carbocycles. The van der Waals surface area contributed by atoms with Crippen molar-refractivity contribution in [3.8, 4) is 17.2 Å². The Kier molecular flexibility index (Phi) is 4.37. The van der Waals surface area contributed by atoms with Crippen LogP contribution < -0.4 is 19.1 Å². The number of carbonyl (C=O) groups excluding carboxylic acids is 1. The molecule has 0 unspecified atom stereocenters. The third-order valence-corrected chi connectivity index (χ3v) is 5.39. The average Bonchev–Trinajstić information content (AvgIpc) is 2.67. The van der Waals surface area contributed by atoms with Gasteiger partial charge in [0.15, 0.2) is 17.3 Å². The predicted octanol–water partition coefficient (Wildman–Crippen LogP) is 2.81. The van der Waals surface area contributed by atoms with E-state index in [9.17, 15) is 4.79 Å². The average molecular weight is 369 g/mol. The van der Waals surface area contributed by atoms with Crippen molar-refractivity contribution in [3.05, 3.63) is 35.8 Å².